The molecular weight excluding hydrogens is 232 g/mol. The zero-order valence-corrected chi connectivity index (χ0v) is 11.3. The van der Waals surface area contributed by atoms with Crippen LogP contribution in [0.3, 0.4) is 0 Å². The smallest absolute Gasteiger partial charge is 0.263 e. The molecule has 1 aromatic carbocycles. The number of alkyl halides is 2. The van der Waals surface area contributed by atoms with E-state index in [4.69, 9.17) is 0 Å². The zero-order valence-electron chi connectivity index (χ0n) is 11.3. The molecule has 102 valence electrons. The van der Waals surface area contributed by atoms with Crippen LogP contribution in [0.25, 0.3) is 0 Å². The van der Waals surface area contributed by atoms with Crippen molar-refractivity contribution in [3.63, 3.8) is 0 Å². The van der Waals surface area contributed by atoms with Crippen molar-refractivity contribution in [3.05, 3.63) is 35.4 Å². The molecule has 0 bridgehead atoms. The zero-order chi connectivity index (χ0) is 13.4. The number of rotatable bonds is 8. The van der Waals surface area contributed by atoms with E-state index in [0.29, 0.717) is 5.92 Å². The number of aryl methyl sites for hydroxylation is 1. The third-order valence-electron chi connectivity index (χ3n) is 2.85. The number of halogens is 2. The lowest BCUT2D eigenvalue weighted by atomic mass is 10.1. The number of hydrogen-bond acceptors (Lipinski definition) is 1. The summed E-state index contributed by atoms with van der Waals surface area (Å²) in [6, 6.07) is 6.67. The summed E-state index contributed by atoms with van der Waals surface area (Å²) in [5, 5.41) is 3.40. The van der Waals surface area contributed by atoms with Gasteiger partial charge in [0, 0.05) is 5.56 Å². The first-order valence-corrected chi connectivity index (χ1v) is 6.67. The van der Waals surface area contributed by atoms with Crippen molar-refractivity contribution in [2.45, 2.75) is 39.5 Å². The van der Waals surface area contributed by atoms with Gasteiger partial charge >= 0.3 is 0 Å². The lowest BCUT2D eigenvalue weighted by molar-refractivity contribution is 0.151. The van der Waals surface area contributed by atoms with Gasteiger partial charge in [-0.1, -0.05) is 38.1 Å². The van der Waals surface area contributed by atoms with Gasteiger partial charge in [-0.3, -0.25) is 0 Å². The summed E-state index contributed by atoms with van der Waals surface area (Å²) in [5.41, 5.74) is 1.25. The summed E-state index contributed by atoms with van der Waals surface area (Å²) in [6.07, 6.45) is 0.828. The Kier molecular flexibility index (Phi) is 6.88. The van der Waals surface area contributed by atoms with Crippen LogP contribution in [0.15, 0.2) is 24.3 Å². The number of hydrogen-bond donors (Lipinski definition) is 1. The predicted octanol–water partition coefficient (Wildman–Crippen LogP) is 4.19. The maximum atomic E-state index is 12.3. The molecule has 1 nitrogen and oxygen atoms in total. The minimum absolute atomic E-state index is 0.109. The van der Waals surface area contributed by atoms with Gasteiger partial charge in [-0.15, -0.1) is 0 Å². The van der Waals surface area contributed by atoms with Gasteiger partial charge in [-0.2, -0.15) is 0 Å². The van der Waals surface area contributed by atoms with Crippen LogP contribution in [0.5, 0.6) is 0 Å². The number of nitrogens with one attached hydrogen (secondary N) is 1. The molecule has 0 unspecified atom stereocenters. The van der Waals surface area contributed by atoms with Crippen LogP contribution in [0.2, 0.25) is 0 Å². The Morgan fingerprint density at radius 3 is 2.28 bits per heavy atom. The first kappa shape index (κ1) is 15.1. The molecule has 0 aliphatic heterocycles. The SMILES string of the molecule is CC(C)CNCCCCc1ccc(C(F)F)cc1. The Morgan fingerprint density at radius 2 is 1.72 bits per heavy atom. The van der Waals surface area contributed by atoms with E-state index in [2.05, 4.69) is 19.2 Å². The van der Waals surface area contributed by atoms with Crippen molar-refractivity contribution in [1.29, 1.82) is 0 Å². The van der Waals surface area contributed by atoms with Gasteiger partial charge in [0.05, 0.1) is 0 Å². The second-order valence-electron chi connectivity index (χ2n) is 5.10. The van der Waals surface area contributed by atoms with Gasteiger partial charge in [0.25, 0.3) is 6.43 Å². The molecule has 0 heterocycles. The lowest BCUT2D eigenvalue weighted by Gasteiger charge is -2.07. The van der Waals surface area contributed by atoms with E-state index in [0.717, 1.165) is 37.9 Å². The standard InChI is InChI=1S/C15H23F2N/c1-12(2)11-18-10-4-3-5-13-6-8-14(9-7-13)15(16)17/h6-9,12,15,18H,3-5,10-11H2,1-2H3. The molecule has 0 saturated heterocycles. The maximum Gasteiger partial charge on any atom is 0.263 e. The molecule has 0 spiro atoms. The fourth-order valence-corrected chi connectivity index (χ4v) is 1.80. The van der Waals surface area contributed by atoms with E-state index in [1.54, 1.807) is 0 Å². The molecule has 3 heteroatoms. The summed E-state index contributed by atoms with van der Waals surface area (Å²) < 4.78 is 24.7. The van der Waals surface area contributed by atoms with Gasteiger partial charge in [0.1, 0.15) is 0 Å². The fourth-order valence-electron chi connectivity index (χ4n) is 1.80. The van der Waals surface area contributed by atoms with E-state index in [1.165, 1.54) is 12.1 Å². The minimum atomic E-state index is -2.36. The molecular formula is C15H23F2N. The van der Waals surface area contributed by atoms with Crippen LogP contribution >= 0.6 is 0 Å². The highest BCUT2D eigenvalue weighted by molar-refractivity contribution is 5.23. The van der Waals surface area contributed by atoms with Gasteiger partial charge in [-0.25, -0.2) is 8.78 Å². The molecule has 1 N–H and O–H groups in total. The first-order valence-electron chi connectivity index (χ1n) is 6.67. The Bertz CT molecular complexity index is 320. The molecule has 0 fully saturated rings. The number of benzene rings is 1. The molecule has 1 rings (SSSR count). The Morgan fingerprint density at radius 1 is 1.06 bits per heavy atom. The fraction of sp³-hybridized carbons (Fsp3) is 0.600. The molecule has 0 radical (unpaired) electrons. The second kappa shape index (κ2) is 8.20. The van der Waals surface area contributed by atoms with Crippen LogP contribution < -0.4 is 5.32 Å². The van der Waals surface area contributed by atoms with Gasteiger partial charge in [-0.05, 0) is 43.8 Å². The van der Waals surface area contributed by atoms with Crippen LogP contribution in [0.4, 0.5) is 8.78 Å². The highest BCUT2D eigenvalue weighted by Crippen LogP contribution is 2.19. The minimum Gasteiger partial charge on any atom is -0.316 e. The second-order valence-corrected chi connectivity index (χ2v) is 5.10. The molecule has 0 atom stereocenters. The highest BCUT2D eigenvalue weighted by Gasteiger charge is 2.05. The van der Waals surface area contributed by atoms with Crippen molar-refractivity contribution in [2.24, 2.45) is 5.92 Å². The topological polar surface area (TPSA) is 12.0 Å². The molecule has 0 saturated carbocycles. The van der Waals surface area contributed by atoms with Gasteiger partial charge in [0.15, 0.2) is 0 Å². The quantitative estimate of drug-likeness (QED) is 0.687. The van der Waals surface area contributed by atoms with Gasteiger partial charge < -0.3 is 5.32 Å². The average molecular weight is 255 g/mol. The summed E-state index contributed by atoms with van der Waals surface area (Å²) in [6.45, 7) is 6.48. The normalized spacial score (nSPS) is 11.4. The van der Waals surface area contributed by atoms with E-state index in [9.17, 15) is 8.78 Å². The molecule has 18 heavy (non-hydrogen) atoms. The Hall–Kier alpha value is -0.960. The molecule has 0 aliphatic rings. The summed E-state index contributed by atoms with van der Waals surface area (Å²) >= 11 is 0. The highest BCUT2D eigenvalue weighted by atomic mass is 19.3. The first-order chi connectivity index (χ1) is 8.59. The third kappa shape index (κ3) is 6.10. The van der Waals surface area contributed by atoms with Crippen molar-refractivity contribution < 1.29 is 8.78 Å². The lowest BCUT2D eigenvalue weighted by Crippen LogP contribution is -2.20. The maximum absolute atomic E-state index is 12.3. The van der Waals surface area contributed by atoms with Crippen molar-refractivity contribution in [1.82, 2.24) is 5.32 Å². The predicted molar refractivity (Wildman–Crippen MR) is 72.0 cm³/mol. The molecule has 1 aromatic rings. The van der Waals surface area contributed by atoms with Crippen molar-refractivity contribution >= 4 is 0 Å². The van der Waals surface area contributed by atoms with Crippen molar-refractivity contribution in [2.75, 3.05) is 13.1 Å². The monoisotopic (exact) mass is 255 g/mol. The van der Waals surface area contributed by atoms with Crippen LogP contribution in [-0.4, -0.2) is 13.1 Å². The van der Waals surface area contributed by atoms with E-state index in [-0.39, 0.29) is 5.56 Å². The van der Waals surface area contributed by atoms with Gasteiger partial charge in [0.2, 0.25) is 0 Å². The van der Waals surface area contributed by atoms with E-state index in [1.807, 2.05) is 12.1 Å². The van der Waals surface area contributed by atoms with E-state index < -0.39 is 6.43 Å². The summed E-state index contributed by atoms with van der Waals surface area (Å²) in [5.74, 6) is 0.687. The van der Waals surface area contributed by atoms with Crippen molar-refractivity contribution in [3.8, 4) is 0 Å². The van der Waals surface area contributed by atoms with Crippen LogP contribution in [-0.2, 0) is 6.42 Å². The van der Waals surface area contributed by atoms with Crippen LogP contribution in [0, 0.1) is 5.92 Å². The molecule has 0 aliphatic carbocycles. The van der Waals surface area contributed by atoms with Crippen LogP contribution in [0.1, 0.15) is 44.2 Å². The number of unbranched alkanes of at least 4 members (excludes halogenated alkanes) is 1. The van der Waals surface area contributed by atoms with E-state index >= 15 is 0 Å². The Labute approximate surface area is 109 Å². The summed E-state index contributed by atoms with van der Waals surface area (Å²) in [7, 11) is 0. The largest absolute Gasteiger partial charge is 0.316 e. The summed E-state index contributed by atoms with van der Waals surface area (Å²) in [4.78, 5) is 0. The molecule has 0 amide bonds. The third-order valence-corrected chi connectivity index (χ3v) is 2.85. The molecule has 0 aromatic heterocycles. The average Bonchev–Trinajstić information content (AvgIpc) is 2.34. The Balaban J connectivity index is 2.15.